The molecule has 1 aromatic rings. The summed E-state index contributed by atoms with van der Waals surface area (Å²) in [7, 11) is 0. The molecular weight excluding hydrogens is 190 g/mol. The Bertz CT molecular complexity index is 390. The van der Waals surface area contributed by atoms with E-state index in [0.29, 0.717) is 0 Å². The van der Waals surface area contributed by atoms with Crippen LogP contribution in [0.1, 0.15) is 0 Å². The van der Waals surface area contributed by atoms with Crippen molar-refractivity contribution in [2.45, 2.75) is 0 Å². The van der Waals surface area contributed by atoms with E-state index in [9.17, 15) is 9.59 Å². The lowest BCUT2D eigenvalue weighted by Gasteiger charge is -2.06. The Morgan fingerprint density at radius 1 is 1.07 bits per heavy atom. The van der Waals surface area contributed by atoms with Gasteiger partial charge < -0.3 is 9.47 Å². The van der Waals surface area contributed by atoms with Crippen molar-refractivity contribution in [2.24, 2.45) is 0 Å². The van der Waals surface area contributed by atoms with Crippen LogP contribution in [0.2, 0.25) is 0 Å². The minimum absolute atomic E-state index is 0.0392. The van der Waals surface area contributed by atoms with Gasteiger partial charge in [0.15, 0.2) is 0 Å². The van der Waals surface area contributed by atoms with Crippen LogP contribution in [0, 0.1) is 0 Å². The summed E-state index contributed by atoms with van der Waals surface area (Å²) in [4.78, 5) is 21.9. The van der Waals surface area contributed by atoms with Gasteiger partial charge in [-0.25, -0.2) is 9.59 Å². The lowest BCUT2D eigenvalue weighted by Crippen LogP contribution is -2.15. The zero-order chi connectivity index (χ0) is 9.97. The van der Waals surface area contributed by atoms with Gasteiger partial charge in [-0.2, -0.15) is 0 Å². The van der Waals surface area contributed by atoms with Gasteiger partial charge in [0.1, 0.15) is 0 Å². The van der Waals surface area contributed by atoms with E-state index in [2.05, 4.69) is 20.1 Å². The summed E-state index contributed by atoms with van der Waals surface area (Å²) in [6.07, 6.45) is 3.02. The molecule has 2 heterocycles. The molecule has 0 amide bonds. The molecule has 0 saturated carbocycles. The van der Waals surface area contributed by atoms with Crippen molar-refractivity contribution in [3.8, 4) is 11.6 Å². The Morgan fingerprint density at radius 3 is 2.57 bits per heavy atom. The molecule has 0 saturated heterocycles. The molecule has 0 aromatic carbocycles. The molecule has 1 aliphatic heterocycles. The third kappa shape index (κ3) is 1.56. The Balaban J connectivity index is 2.44. The molecule has 14 heavy (non-hydrogen) atoms. The van der Waals surface area contributed by atoms with Gasteiger partial charge in [-0.15, -0.1) is 5.10 Å². The molecule has 1 aromatic heterocycles. The fourth-order valence-electron chi connectivity index (χ4n) is 0.798. The minimum Gasteiger partial charge on any atom is -0.416 e. The van der Waals surface area contributed by atoms with Crippen LogP contribution in [-0.2, 0) is 9.59 Å². The standard InChI is InChI=1S/C7H3N3O4/c11-5-1-2-6(12)14-7-4(13-5)3-8-10-9-7/h1-3H/b2-1+. The molecule has 0 unspecified atom stereocenters. The fraction of sp³-hybridized carbons (Fsp3) is 0. The van der Waals surface area contributed by atoms with E-state index in [1.165, 1.54) is 0 Å². The maximum atomic E-state index is 11.0. The number of nitrogens with zero attached hydrogens (tertiary/aromatic N) is 3. The van der Waals surface area contributed by atoms with Gasteiger partial charge in [-0.05, 0) is 5.21 Å². The average molecular weight is 193 g/mol. The van der Waals surface area contributed by atoms with Crippen LogP contribution in [0.3, 0.4) is 0 Å². The molecule has 0 fully saturated rings. The first-order valence-corrected chi connectivity index (χ1v) is 3.56. The quantitative estimate of drug-likeness (QED) is 0.500. The summed E-state index contributed by atoms with van der Waals surface area (Å²) in [5, 5.41) is 10.0. The predicted octanol–water partition coefficient (Wildman–Crippen LogP) is -0.748. The van der Waals surface area contributed by atoms with Gasteiger partial charge in [0.05, 0.1) is 6.20 Å². The number of hydrogen-bond acceptors (Lipinski definition) is 7. The molecule has 0 aliphatic carbocycles. The number of hydrogen-bond donors (Lipinski definition) is 0. The molecule has 0 spiro atoms. The van der Waals surface area contributed by atoms with Crippen molar-refractivity contribution >= 4 is 11.9 Å². The summed E-state index contributed by atoms with van der Waals surface area (Å²) in [6, 6.07) is 0. The first kappa shape index (κ1) is 8.30. The topological polar surface area (TPSA) is 91.3 Å². The molecule has 1 aliphatic rings. The second kappa shape index (κ2) is 3.21. The number of rotatable bonds is 0. The number of carbonyl (C=O) groups is 2. The van der Waals surface area contributed by atoms with Crippen molar-refractivity contribution in [2.75, 3.05) is 0 Å². The van der Waals surface area contributed by atoms with Crippen molar-refractivity contribution in [3.63, 3.8) is 0 Å². The Morgan fingerprint density at radius 2 is 1.79 bits per heavy atom. The zero-order valence-electron chi connectivity index (χ0n) is 6.71. The largest absolute Gasteiger partial charge is 0.416 e. The van der Waals surface area contributed by atoms with Gasteiger partial charge in [-0.3, -0.25) is 0 Å². The summed E-state index contributed by atoms with van der Waals surface area (Å²) < 4.78 is 9.39. The molecule has 7 heteroatoms. The van der Waals surface area contributed by atoms with E-state index >= 15 is 0 Å². The smallest absolute Gasteiger partial charge is 0.337 e. The number of esters is 2. The Kier molecular flexibility index (Phi) is 1.90. The van der Waals surface area contributed by atoms with Crippen LogP contribution in [0.25, 0.3) is 0 Å². The number of fused-ring (bicyclic) bond motifs is 1. The van der Waals surface area contributed by atoms with E-state index in [4.69, 9.17) is 4.74 Å². The Labute approximate surface area is 77.3 Å². The molecular formula is C7H3N3O4. The molecule has 2 rings (SSSR count). The molecule has 0 atom stereocenters. The van der Waals surface area contributed by atoms with Gasteiger partial charge in [0.2, 0.25) is 5.75 Å². The number of carbonyl (C=O) groups excluding carboxylic acids is 2. The summed E-state index contributed by atoms with van der Waals surface area (Å²) in [5.74, 6) is -1.63. The molecule has 0 bridgehead atoms. The van der Waals surface area contributed by atoms with Crippen LogP contribution in [-0.4, -0.2) is 27.3 Å². The number of ether oxygens (including phenoxy) is 2. The van der Waals surface area contributed by atoms with E-state index in [-0.39, 0.29) is 11.6 Å². The SMILES string of the molecule is O=C1/C=C/C(=O)Oc2nnncc2O1. The number of aromatic nitrogens is 3. The van der Waals surface area contributed by atoms with Crippen molar-refractivity contribution in [1.82, 2.24) is 15.4 Å². The maximum Gasteiger partial charge on any atom is 0.337 e. The van der Waals surface area contributed by atoms with E-state index in [1.54, 1.807) is 0 Å². The Hall–Kier alpha value is -2.31. The highest BCUT2D eigenvalue weighted by atomic mass is 16.6. The molecule has 7 nitrogen and oxygen atoms in total. The minimum atomic E-state index is -0.719. The molecule has 0 radical (unpaired) electrons. The van der Waals surface area contributed by atoms with Crippen LogP contribution in [0.5, 0.6) is 11.6 Å². The predicted molar refractivity (Wildman–Crippen MR) is 40.2 cm³/mol. The third-order valence-corrected chi connectivity index (χ3v) is 1.34. The van der Waals surface area contributed by atoms with E-state index < -0.39 is 11.9 Å². The van der Waals surface area contributed by atoms with Gasteiger partial charge in [0.25, 0.3) is 5.88 Å². The van der Waals surface area contributed by atoms with Crippen LogP contribution >= 0.6 is 0 Å². The first-order chi connectivity index (χ1) is 6.75. The van der Waals surface area contributed by atoms with Gasteiger partial charge >= 0.3 is 11.9 Å². The van der Waals surface area contributed by atoms with E-state index in [1.807, 2.05) is 0 Å². The first-order valence-electron chi connectivity index (χ1n) is 3.56. The summed E-state index contributed by atoms with van der Waals surface area (Å²) in [5.41, 5.74) is 0. The van der Waals surface area contributed by atoms with Crippen LogP contribution < -0.4 is 9.47 Å². The monoisotopic (exact) mass is 193 g/mol. The van der Waals surface area contributed by atoms with Crippen LogP contribution in [0.4, 0.5) is 0 Å². The summed E-state index contributed by atoms with van der Waals surface area (Å²) in [6.45, 7) is 0. The van der Waals surface area contributed by atoms with Crippen molar-refractivity contribution in [3.05, 3.63) is 18.3 Å². The fourth-order valence-corrected chi connectivity index (χ4v) is 0.798. The van der Waals surface area contributed by atoms with Gasteiger partial charge in [0, 0.05) is 12.2 Å². The normalized spacial score (nSPS) is 17.1. The lowest BCUT2D eigenvalue weighted by molar-refractivity contribution is -0.133. The highest BCUT2D eigenvalue weighted by Gasteiger charge is 2.16. The van der Waals surface area contributed by atoms with Gasteiger partial charge in [-0.1, -0.05) is 5.10 Å². The van der Waals surface area contributed by atoms with E-state index in [0.717, 1.165) is 18.3 Å². The highest BCUT2D eigenvalue weighted by Crippen LogP contribution is 2.22. The highest BCUT2D eigenvalue weighted by molar-refractivity contribution is 5.94. The maximum absolute atomic E-state index is 11.0. The second-order valence-corrected chi connectivity index (χ2v) is 2.28. The summed E-state index contributed by atoms with van der Waals surface area (Å²) >= 11 is 0. The third-order valence-electron chi connectivity index (χ3n) is 1.34. The zero-order valence-corrected chi connectivity index (χ0v) is 6.71. The van der Waals surface area contributed by atoms with Crippen LogP contribution in [0.15, 0.2) is 18.3 Å². The van der Waals surface area contributed by atoms with Crippen molar-refractivity contribution in [1.29, 1.82) is 0 Å². The molecule has 0 N–H and O–H groups in total. The average Bonchev–Trinajstić information content (AvgIpc) is 2.16. The molecule has 70 valence electrons. The second-order valence-electron chi connectivity index (χ2n) is 2.28. The van der Waals surface area contributed by atoms with Crippen molar-refractivity contribution < 1.29 is 19.1 Å². The lowest BCUT2D eigenvalue weighted by atomic mass is 10.4.